The Morgan fingerprint density at radius 3 is 2.70 bits per heavy atom. The number of benzene rings is 1. The van der Waals surface area contributed by atoms with Crippen LogP contribution in [0.5, 0.6) is 0 Å². The van der Waals surface area contributed by atoms with Crippen molar-refractivity contribution in [3.05, 3.63) is 94.3 Å². The number of aliphatic imine (C=N–C) groups is 1. The fourth-order valence-corrected chi connectivity index (χ4v) is 3.68. The van der Waals surface area contributed by atoms with E-state index in [4.69, 9.17) is 5.73 Å². The fourth-order valence-electron chi connectivity index (χ4n) is 3.68. The molecule has 0 saturated heterocycles. The van der Waals surface area contributed by atoms with E-state index in [1.807, 2.05) is 6.07 Å². The quantitative estimate of drug-likeness (QED) is 0.668. The second kappa shape index (κ2) is 7.37. The Morgan fingerprint density at radius 1 is 1.13 bits per heavy atom. The minimum absolute atomic E-state index is 0.224. The van der Waals surface area contributed by atoms with Gasteiger partial charge in [0.2, 0.25) is 0 Å². The zero-order valence-electron chi connectivity index (χ0n) is 16.0. The van der Waals surface area contributed by atoms with Crippen molar-refractivity contribution < 1.29 is 18.0 Å². The molecule has 1 aromatic carbocycles. The first-order valence-corrected chi connectivity index (χ1v) is 9.18. The van der Waals surface area contributed by atoms with Gasteiger partial charge in [-0.05, 0) is 36.2 Å². The van der Waals surface area contributed by atoms with Crippen LogP contribution in [-0.4, -0.2) is 21.6 Å². The summed E-state index contributed by atoms with van der Waals surface area (Å²) in [6.45, 7) is 1.76. The van der Waals surface area contributed by atoms with Gasteiger partial charge in [-0.2, -0.15) is 0 Å². The number of amidine groups is 1. The number of carbonyl (C=O) groups excluding carboxylic acids is 1. The molecular weight excluding hydrogens is 393 g/mol. The lowest BCUT2D eigenvalue weighted by Crippen LogP contribution is -2.34. The summed E-state index contributed by atoms with van der Waals surface area (Å²) in [5.74, 6) is -2.79. The molecule has 152 valence electrons. The SMILES string of the molecule is CC1(c2cc(CC(=O)c3ncc(F)cc3F)ccc2F)Cc2ccncc2C(N)=N1. The fraction of sp³-hybridized carbons (Fsp3) is 0.182. The number of fused-ring (bicyclic) bond motifs is 1. The smallest absolute Gasteiger partial charge is 0.188 e. The molecule has 2 N–H and O–H groups in total. The lowest BCUT2D eigenvalue weighted by atomic mass is 9.81. The van der Waals surface area contributed by atoms with E-state index in [0.29, 0.717) is 23.6 Å². The zero-order chi connectivity index (χ0) is 21.5. The summed E-state index contributed by atoms with van der Waals surface area (Å²) < 4.78 is 41.7. The Morgan fingerprint density at radius 2 is 1.93 bits per heavy atom. The first-order chi connectivity index (χ1) is 14.3. The number of pyridine rings is 2. The summed E-state index contributed by atoms with van der Waals surface area (Å²) in [7, 11) is 0. The number of nitrogens with zero attached hydrogens (tertiary/aromatic N) is 3. The summed E-state index contributed by atoms with van der Waals surface area (Å²) in [5.41, 5.74) is 6.96. The van der Waals surface area contributed by atoms with E-state index in [1.165, 1.54) is 18.2 Å². The summed E-state index contributed by atoms with van der Waals surface area (Å²) >= 11 is 0. The molecule has 4 rings (SSSR count). The van der Waals surface area contributed by atoms with Gasteiger partial charge in [-0.25, -0.2) is 18.2 Å². The lowest BCUT2D eigenvalue weighted by Gasteiger charge is -2.32. The molecular formula is C22H17F3N4O. The van der Waals surface area contributed by atoms with Crippen LogP contribution in [-0.2, 0) is 18.4 Å². The maximum atomic E-state index is 14.7. The second-order valence-electron chi connectivity index (χ2n) is 7.38. The molecule has 8 heteroatoms. The lowest BCUT2D eigenvalue weighted by molar-refractivity contribution is 0.0983. The van der Waals surface area contributed by atoms with Crippen LogP contribution in [0.4, 0.5) is 13.2 Å². The number of hydrogen-bond donors (Lipinski definition) is 1. The predicted molar refractivity (Wildman–Crippen MR) is 105 cm³/mol. The third-order valence-electron chi connectivity index (χ3n) is 5.14. The molecule has 2 aromatic heterocycles. The molecule has 5 nitrogen and oxygen atoms in total. The van der Waals surface area contributed by atoms with Crippen LogP contribution in [0.15, 0.2) is 53.9 Å². The van der Waals surface area contributed by atoms with Gasteiger partial charge in [0.1, 0.15) is 23.2 Å². The van der Waals surface area contributed by atoms with Crippen molar-refractivity contribution in [2.45, 2.75) is 25.3 Å². The van der Waals surface area contributed by atoms with Gasteiger partial charge in [0, 0.05) is 42.4 Å². The maximum Gasteiger partial charge on any atom is 0.188 e. The molecule has 0 saturated carbocycles. The number of Topliss-reactive ketones (excluding diaryl/α,β-unsaturated/α-hetero) is 1. The van der Waals surface area contributed by atoms with Crippen molar-refractivity contribution in [3.8, 4) is 0 Å². The third kappa shape index (κ3) is 3.56. The monoisotopic (exact) mass is 410 g/mol. The van der Waals surface area contributed by atoms with E-state index in [2.05, 4.69) is 15.0 Å². The van der Waals surface area contributed by atoms with Crippen LogP contribution >= 0.6 is 0 Å². The van der Waals surface area contributed by atoms with Gasteiger partial charge < -0.3 is 5.73 Å². The van der Waals surface area contributed by atoms with Crippen LogP contribution in [0.2, 0.25) is 0 Å². The van der Waals surface area contributed by atoms with E-state index in [-0.39, 0.29) is 17.8 Å². The number of nitrogens with two attached hydrogens (primary N) is 1. The summed E-state index contributed by atoms with van der Waals surface area (Å²) in [5, 5.41) is 0. The highest BCUT2D eigenvalue weighted by atomic mass is 19.1. The van der Waals surface area contributed by atoms with Crippen molar-refractivity contribution in [2.24, 2.45) is 10.7 Å². The molecule has 1 aliphatic rings. The average Bonchev–Trinajstić information content (AvgIpc) is 2.69. The van der Waals surface area contributed by atoms with Crippen molar-refractivity contribution in [2.75, 3.05) is 0 Å². The van der Waals surface area contributed by atoms with Gasteiger partial charge in [0.25, 0.3) is 0 Å². The van der Waals surface area contributed by atoms with Crippen LogP contribution in [0.1, 0.15) is 39.7 Å². The van der Waals surface area contributed by atoms with E-state index >= 15 is 0 Å². The topological polar surface area (TPSA) is 81.2 Å². The zero-order valence-corrected chi connectivity index (χ0v) is 16.0. The molecule has 1 unspecified atom stereocenters. The molecule has 0 aliphatic carbocycles. The van der Waals surface area contributed by atoms with Crippen molar-refractivity contribution in [3.63, 3.8) is 0 Å². The molecule has 0 fully saturated rings. The van der Waals surface area contributed by atoms with Crippen LogP contribution < -0.4 is 5.73 Å². The van der Waals surface area contributed by atoms with Crippen LogP contribution in [0, 0.1) is 17.5 Å². The van der Waals surface area contributed by atoms with Crippen molar-refractivity contribution in [1.29, 1.82) is 0 Å². The van der Waals surface area contributed by atoms with E-state index in [1.54, 1.807) is 19.3 Å². The van der Waals surface area contributed by atoms with Gasteiger partial charge >= 0.3 is 0 Å². The van der Waals surface area contributed by atoms with Gasteiger partial charge in [0.15, 0.2) is 11.6 Å². The average molecular weight is 410 g/mol. The highest BCUT2D eigenvalue weighted by Gasteiger charge is 2.34. The highest BCUT2D eigenvalue weighted by Crippen LogP contribution is 2.36. The Balaban J connectivity index is 1.67. The van der Waals surface area contributed by atoms with E-state index in [0.717, 1.165) is 11.8 Å². The minimum atomic E-state index is -1.04. The first-order valence-electron chi connectivity index (χ1n) is 9.18. The normalized spacial score (nSPS) is 17.9. The molecule has 0 bridgehead atoms. The van der Waals surface area contributed by atoms with Crippen molar-refractivity contribution in [1.82, 2.24) is 9.97 Å². The molecule has 3 heterocycles. The van der Waals surface area contributed by atoms with Crippen LogP contribution in [0.25, 0.3) is 0 Å². The summed E-state index contributed by atoms with van der Waals surface area (Å²) in [4.78, 5) is 24.5. The number of halogens is 3. The molecule has 30 heavy (non-hydrogen) atoms. The number of aromatic nitrogens is 2. The first kappa shape index (κ1) is 19.8. The number of hydrogen-bond acceptors (Lipinski definition) is 5. The van der Waals surface area contributed by atoms with Gasteiger partial charge in [-0.15, -0.1) is 0 Å². The second-order valence-corrected chi connectivity index (χ2v) is 7.38. The standard InChI is InChI=1S/C22H17F3N4O/c1-22(9-13-4-5-27-11-15(13)21(26)29-22)16-6-12(2-3-17(16)24)7-19(30)20-18(25)8-14(23)10-28-20/h2-6,8,10-11H,7,9H2,1H3,(H2,26,29). The number of ketones is 1. The Bertz CT molecular complexity index is 1190. The Labute approximate surface area is 170 Å². The molecule has 0 amide bonds. The molecule has 3 aromatic rings. The predicted octanol–water partition coefficient (Wildman–Crippen LogP) is 3.50. The Hall–Kier alpha value is -3.55. The van der Waals surface area contributed by atoms with Crippen molar-refractivity contribution >= 4 is 11.6 Å². The minimum Gasteiger partial charge on any atom is -0.383 e. The number of carbonyl (C=O) groups is 1. The highest BCUT2D eigenvalue weighted by molar-refractivity contribution is 6.00. The van der Waals surface area contributed by atoms with Gasteiger partial charge in [0.05, 0.1) is 11.7 Å². The largest absolute Gasteiger partial charge is 0.383 e. The molecule has 0 radical (unpaired) electrons. The van der Waals surface area contributed by atoms with E-state index in [9.17, 15) is 18.0 Å². The van der Waals surface area contributed by atoms with E-state index < -0.39 is 34.5 Å². The van der Waals surface area contributed by atoms with Gasteiger partial charge in [-0.1, -0.05) is 6.07 Å². The summed E-state index contributed by atoms with van der Waals surface area (Å²) in [6, 6.07) is 6.62. The third-order valence-corrected chi connectivity index (χ3v) is 5.14. The molecule has 0 spiro atoms. The number of rotatable bonds is 4. The Kier molecular flexibility index (Phi) is 4.85. The molecule has 1 aliphatic heterocycles. The summed E-state index contributed by atoms with van der Waals surface area (Å²) in [6.07, 6.45) is 4.20. The maximum absolute atomic E-state index is 14.7. The van der Waals surface area contributed by atoms with Crippen LogP contribution in [0.3, 0.4) is 0 Å². The van der Waals surface area contributed by atoms with Gasteiger partial charge in [-0.3, -0.25) is 14.8 Å². The molecule has 1 atom stereocenters.